The van der Waals surface area contributed by atoms with Crippen LogP contribution in [0.2, 0.25) is 0 Å². The average Bonchev–Trinajstić information content (AvgIpc) is 2.76. The molecule has 0 spiro atoms. The third kappa shape index (κ3) is 5.20. The molecule has 2 N–H and O–H groups in total. The summed E-state index contributed by atoms with van der Waals surface area (Å²) >= 11 is 5.44. The van der Waals surface area contributed by atoms with Gasteiger partial charge in [0.15, 0.2) is 5.11 Å². The number of halogens is 1. The number of hydrogen-bond donors (Lipinski definition) is 2. The molecule has 0 unspecified atom stereocenters. The van der Waals surface area contributed by atoms with Gasteiger partial charge in [0.25, 0.3) is 5.91 Å². The molecule has 2 aromatic rings. The zero-order chi connectivity index (χ0) is 21.4. The van der Waals surface area contributed by atoms with Gasteiger partial charge in [-0.05, 0) is 36.8 Å². The molecule has 8 heteroatoms. The molecular weight excluding hydrogens is 407 g/mol. The molecule has 0 radical (unpaired) electrons. The normalized spacial score (nSPS) is 21.1. The van der Waals surface area contributed by atoms with Crippen molar-refractivity contribution in [2.24, 2.45) is 5.92 Å². The van der Waals surface area contributed by atoms with Crippen LogP contribution in [0, 0.1) is 11.7 Å². The second-order valence-electron chi connectivity index (χ2n) is 7.02. The van der Waals surface area contributed by atoms with Gasteiger partial charge in [0, 0.05) is 30.8 Å². The Balaban J connectivity index is 1.86. The van der Waals surface area contributed by atoms with Gasteiger partial charge in [-0.2, -0.15) is 0 Å². The Bertz CT molecular complexity index is 867. The van der Waals surface area contributed by atoms with Crippen molar-refractivity contribution in [3.05, 3.63) is 71.5 Å². The smallest absolute Gasteiger partial charge is 0.257 e. The summed E-state index contributed by atoms with van der Waals surface area (Å²) in [6.07, 6.45) is 0.455. The Morgan fingerprint density at radius 1 is 1.23 bits per heavy atom. The Morgan fingerprint density at radius 3 is 2.70 bits per heavy atom. The number of hydrogen-bond acceptors (Lipinski definition) is 5. The van der Waals surface area contributed by atoms with Crippen LogP contribution in [0.15, 0.2) is 54.6 Å². The molecule has 0 bridgehead atoms. The van der Waals surface area contributed by atoms with Gasteiger partial charge in [-0.3, -0.25) is 10.1 Å². The molecule has 160 valence electrons. The van der Waals surface area contributed by atoms with Gasteiger partial charge in [-0.1, -0.05) is 36.4 Å². The molecule has 1 heterocycles. The van der Waals surface area contributed by atoms with Crippen LogP contribution in [-0.4, -0.2) is 44.7 Å². The van der Waals surface area contributed by atoms with E-state index in [1.54, 1.807) is 42.5 Å². The largest absolute Gasteiger partial charge is 0.381 e. The van der Waals surface area contributed by atoms with E-state index in [4.69, 9.17) is 26.4 Å². The van der Waals surface area contributed by atoms with Crippen LogP contribution in [-0.2, 0) is 19.7 Å². The fourth-order valence-electron chi connectivity index (χ4n) is 3.68. The quantitative estimate of drug-likeness (QED) is 0.398. The first kappa shape index (κ1) is 22.3. The molecule has 0 saturated carbocycles. The maximum Gasteiger partial charge on any atom is 0.257 e. The molecule has 2 atom stereocenters. The van der Waals surface area contributed by atoms with Gasteiger partial charge < -0.3 is 19.5 Å². The van der Waals surface area contributed by atoms with Gasteiger partial charge in [0.2, 0.25) is 0 Å². The lowest BCUT2D eigenvalue weighted by Gasteiger charge is -2.45. The van der Waals surface area contributed by atoms with Crippen LogP contribution < -0.4 is 10.6 Å². The highest BCUT2D eigenvalue weighted by molar-refractivity contribution is 7.80. The first-order chi connectivity index (χ1) is 14.6. The lowest BCUT2D eigenvalue weighted by atomic mass is 9.74. The summed E-state index contributed by atoms with van der Waals surface area (Å²) in [4.78, 5) is 12.5. The van der Waals surface area contributed by atoms with Crippen molar-refractivity contribution >= 4 is 23.2 Å². The fraction of sp³-hybridized carbons (Fsp3) is 0.364. The number of amides is 1. The van der Waals surface area contributed by atoms with Gasteiger partial charge in [-0.15, -0.1) is 0 Å². The molecule has 2 aromatic carbocycles. The van der Waals surface area contributed by atoms with Crippen molar-refractivity contribution in [3.8, 4) is 0 Å². The maximum absolute atomic E-state index is 14.9. The van der Waals surface area contributed by atoms with Gasteiger partial charge in [-0.25, -0.2) is 4.39 Å². The average molecular weight is 433 g/mol. The Kier molecular flexibility index (Phi) is 7.87. The number of rotatable bonds is 7. The van der Waals surface area contributed by atoms with E-state index in [9.17, 15) is 9.18 Å². The van der Waals surface area contributed by atoms with Gasteiger partial charge >= 0.3 is 0 Å². The topological polar surface area (TPSA) is 68.8 Å². The van der Waals surface area contributed by atoms with E-state index in [2.05, 4.69) is 10.6 Å². The zero-order valence-corrected chi connectivity index (χ0v) is 17.5. The highest BCUT2D eigenvalue weighted by atomic mass is 32.1. The molecule has 30 heavy (non-hydrogen) atoms. The molecule has 6 nitrogen and oxygen atoms in total. The predicted octanol–water partition coefficient (Wildman–Crippen LogP) is 2.98. The van der Waals surface area contributed by atoms with Crippen molar-refractivity contribution < 1.29 is 23.4 Å². The van der Waals surface area contributed by atoms with Crippen LogP contribution in [0.1, 0.15) is 22.3 Å². The molecule has 1 fully saturated rings. The number of benzene rings is 2. The Morgan fingerprint density at radius 2 is 1.97 bits per heavy atom. The SMILES string of the molecule is COCOC[C@H]1COCC[C@@]1(NC(=S)NC(=O)c1ccccc1)c1ccccc1F. The van der Waals surface area contributed by atoms with Crippen molar-refractivity contribution in [3.63, 3.8) is 0 Å². The summed E-state index contributed by atoms with van der Waals surface area (Å²) in [5, 5.41) is 6.04. The molecule has 0 aromatic heterocycles. The van der Waals surface area contributed by atoms with E-state index in [0.29, 0.717) is 30.8 Å². The standard InChI is InChI=1S/C22H25FN2O4S/c1-27-15-29-14-17-13-28-12-11-22(17,18-9-5-6-10-19(18)23)25-21(30)24-20(26)16-7-3-2-4-8-16/h2-10,17H,11-15H2,1H3,(H2,24,25,26,30)/t17-,22+/m1/s1. The fourth-order valence-corrected chi connectivity index (χ4v) is 3.95. The Hall–Kier alpha value is -2.39. The molecule has 1 saturated heterocycles. The van der Waals surface area contributed by atoms with Crippen LogP contribution >= 0.6 is 12.2 Å². The number of nitrogens with one attached hydrogen (secondary N) is 2. The molecule has 1 amide bonds. The van der Waals surface area contributed by atoms with Crippen molar-refractivity contribution in [1.29, 1.82) is 0 Å². The van der Waals surface area contributed by atoms with Crippen LogP contribution in [0.3, 0.4) is 0 Å². The summed E-state index contributed by atoms with van der Waals surface area (Å²) in [6, 6.07) is 15.3. The monoisotopic (exact) mass is 432 g/mol. The highest BCUT2D eigenvalue weighted by Crippen LogP contribution is 2.38. The first-order valence-electron chi connectivity index (χ1n) is 9.65. The van der Waals surface area contributed by atoms with E-state index in [1.807, 2.05) is 6.07 Å². The summed E-state index contributed by atoms with van der Waals surface area (Å²) in [7, 11) is 1.54. The molecule has 1 aliphatic rings. The van der Waals surface area contributed by atoms with Crippen LogP contribution in [0.25, 0.3) is 0 Å². The molecule has 0 aliphatic carbocycles. The number of carbonyl (C=O) groups is 1. The zero-order valence-electron chi connectivity index (χ0n) is 16.7. The first-order valence-corrected chi connectivity index (χ1v) is 10.1. The van der Waals surface area contributed by atoms with Crippen molar-refractivity contribution in [2.75, 3.05) is 33.7 Å². The second-order valence-corrected chi connectivity index (χ2v) is 7.43. The minimum atomic E-state index is -0.904. The van der Waals surface area contributed by atoms with E-state index in [0.717, 1.165) is 0 Å². The van der Waals surface area contributed by atoms with E-state index in [-0.39, 0.29) is 36.2 Å². The van der Waals surface area contributed by atoms with Gasteiger partial charge in [0.1, 0.15) is 12.6 Å². The number of ether oxygens (including phenoxy) is 3. The van der Waals surface area contributed by atoms with Crippen molar-refractivity contribution in [1.82, 2.24) is 10.6 Å². The predicted molar refractivity (Wildman–Crippen MR) is 114 cm³/mol. The molecule has 3 rings (SSSR count). The van der Waals surface area contributed by atoms with E-state index >= 15 is 0 Å². The van der Waals surface area contributed by atoms with E-state index < -0.39 is 5.54 Å². The third-order valence-electron chi connectivity index (χ3n) is 5.13. The minimum absolute atomic E-state index is 0.110. The minimum Gasteiger partial charge on any atom is -0.381 e. The number of carbonyl (C=O) groups excluding carboxylic acids is 1. The van der Waals surface area contributed by atoms with Crippen molar-refractivity contribution in [2.45, 2.75) is 12.0 Å². The van der Waals surface area contributed by atoms with Gasteiger partial charge in [0.05, 0.1) is 18.8 Å². The summed E-state index contributed by atoms with van der Waals surface area (Å²) < 4.78 is 31.1. The maximum atomic E-state index is 14.9. The summed E-state index contributed by atoms with van der Waals surface area (Å²) in [6.45, 7) is 1.14. The van der Waals surface area contributed by atoms with Crippen LogP contribution in [0.5, 0.6) is 0 Å². The van der Waals surface area contributed by atoms with Crippen LogP contribution in [0.4, 0.5) is 4.39 Å². The highest BCUT2D eigenvalue weighted by Gasteiger charge is 2.45. The second kappa shape index (κ2) is 10.6. The number of thiocarbonyl (C=S) groups is 1. The number of methoxy groups -OCH3 is 1. The third-order valence-corrected chi connectivity index (χ3v) is 5.34. The Labute approximate surface area is 180 Å². The summed E-state index contributed by atoms with van der Waals surface area (Å²) in [5.41, 5.74) is 0.0300. The lowest BCUT2D eigenvalue weighted by Crippen LogP contribution is -2.59. The molecule has 1 aliphatic heterocycles. The van der Waals surface area contributed by atoms with E-state index in [1.165, 1.54) is 13.2 Å². The summed E-state index contributed by atoms with van der Waals surface area (Å²) in [5.74, 6) is -0.957. The molecular formula is C22H25FN2O4S. The lowest BCUT2D eigenvalue weighted by molar-refractivity contribution is -0.0907.